The minimum atomic E-state index is -3.65. The van der Waals surface area contributed by atoms with E-state index < -0.39 is 10.0 Å². The molecule has 112 valence electrons. The van der Waals surface area contributed by atoms with Crippen molar-refractivity contribution in [2.24, 2.45) is 0 Å². The average molecular weight is 319 g/mol. The van der Waals surface area contributed by atoms with E-state index in [4.69, 9.17) is 22.1 Å². The van der Waals surface area contributed by atoms with Gasteiger partial charge in [-0.05, 0) is 44.9 Å². The summed E-state index contributed by atoms with van der Waals surface area (Å²) in [5.41, 5.74) is 5.56. The topological polar surface area (TPSA) is 81.4 Å². The molecule has 0 aliphatic carbocycles. The molecule has 7 heteroatoms. The lowest BCUT2D eigenvalue weighted by atomic mass is 9.95. The van der Waals surface area contributed by atoms with Crippen molar-refractivity contribution in [2.45, 2.75) is 43.2 Å². The van der Waals surface area contributed by atoms with Crippen molar-refractivity contribution < 1.29 is 13.2 Å². The number of rotatable bonds is 3. The molecule has 0 radical (unpaired) electrons. The van der Waals surface area contributed by atoms with Gasteiger partial charge >= 0.3 is 0 Å². The SMILES string of the molecule is CC1(C)CC(NS(=O)(=O)c2ccc(Cl)cc2N)CCO1. The Bertz CT molecular complexity index is 602. The molecular formula is C13H19ClN2O3S. The molecule has 0 spiro atoms. The number of nitrogens with one attached hydrogen (secondary N) is 1. The van der Waals surface area contributed by atoms with Crippen molar-refractivity contribution in [1.29, 1.82) is 0 Å². The molecular weight excluding hydrogens is 300 g/mol. The zero-order valence-electron chi connectivity index (χ0n) is 11.5. The number of ether oxygens (including phenoxy) is 1. The number of anilines is 1. The van der Waals surface area contributed by atoms with Crippen molar-refractivity contribution >= 4 is 27.3 Å². The molecule has 20 heavy (non-hydrogen) atoms. The van der Waals surface area contributed by atoms with Crippen LogP contribution in [-0.4, -0.2) is 26.7 Å². The van der Waals surface area contributed by atoms with E-state index in [1.165, 1.54) is 18.2 Å². The summed E-state index contributed by atoms with van der Waals surface area (Å²) >= 11 is 5.78. The molecule has 1 aliphatic heterocycles. The van der Waals surface area contributed by atoms with Crippen LogP contribution in [0.15, 0.2) is 23.1 Å². The molecule has 0 saturated carbocycles. The van der Waals surface area contributed by atoms with Gasteiger partial charge in [0.25, 0.3) is 0 Å². The molecule has 5 nitrogen and oxygen atoms in total. The Morgan fingerprint density at radius 3 is 2.75 bits per heavy atom. The van der Waals surface area contributed by atoms with Crippen LogP contribution in [0, 0.1) is 0 Å². The van der Waals surface area contributed by atoms with Gasteiger partial charge in [0.05, 0.1) is 11.3 Å². The maximum absolute atomic E-state index is 12.4. The summed E-state index contributed by atoms with van der Waals surface area (Å²) in [5.74, 6) is 0. The second-order valence-corrected chi connectivity index (χ2v) is 7.72. The second kappa shape index (κ2) is 5.52. The summed E-state index contributed by atoms with van der Waals surface area (Å²) in [4.78, 5) is 0.0613. The summed E-state index contributed by atoms with van der Waals surface area (Å²) in [6.07, 6.45) is 1.27. The molecule has 1 fully saturated rings. The highest BCUT2D eigenvalue weighted by molar-refractivity contribution is 7.89. The Morgan fingerprint density at radius 1 is 1.45 bits per heavy atom. The van der Waals surface area contributed by atoms with Gasteiger partial charge in [-0.15, -0.1) is 0 Å². The van der Waals surface area contributed by atoms with Gasteiger partial charge in [-0.25, -0.2) is 13.1 Å². The number of hydrogen-bond donors (Lipinski definition) is 2. The van der Waals surface area contributed by atoms with E-state index in [1.54, 1.807) is 0 Å². The van der Waals surface area contributed by atoms with Crippen LogP contribution < -0.4 is 10.5 Å². The van der Waals surface area contributed by atoms with E-state index in [1.807, 2.05) is 13.8 Å². The van der Waals surface area contributed by atoms with Crippen molar-refractivity contribution in [3.8, 4) is 0 Å². The quantitative estimate of drug-likeness (QED) is 0.837. The third-order valence-electron chi connectivity index (χ3n) is 3.28. The van der Waals surface area contributed by atoms with Crippen LogP contribution in [0.3, 0.4) is 0 Å². The zero-order valence-corrected chi connectivity index (χ0v) is 13.1. The number of nitrogen functional groups attached to an aromatic ring is 1. The lowest BCUT2D eigenvalue weighted by Gasteiger charge is -2.35. The monoisotopic (exact) mass is 318 g/mol. The minimum Gasteiger partial charge on any atom is -0.398 e. The molecule has 1 heterocycles. The molecule has 1 unspecified atom stereocenters. The first kappa shape index (κ1) is 15.6. The molecule has 1 atom stereocenters. The fourth-order valence-corrected chi connectivity index (χ4v) is 3.94. The van der Waals surface area contributed by atoms with Crippen LogP contribution in [0.25, 0.3) is 0 Å². The van der Waals surface area contributed by atoms with Crippen molar-refractivity contribution in [3.05, 3.63) is 23.2 Å². The molecule has 3 N–H and O–H groups in total. The summed E-state index contributed by atoms with van der Waals surface area (Å²) in [7, 11) is -3.65. The standard InChI is InChI=1S/C13H19ClN2O3S/c1-13(2)8-10(5-6-19-13)16-20(17,18)12-4-3-9(14)7-11(12)15/h3-4,7,10,16H,5-6,8,15H2,1-2H3. The fraction of sp³-hybridized carbons (Fsp3) is 0.538. The van der Waals surface area contributed by atoms with E-state index in [9.17, 15) is 8.42 Å². The third-order valence-corrected chi connectivity index (χ3v) is 5.11. The number of nitrogens with two attached hydrogens (primary N) is 1. The molecule has 1 saturated heterocycles. The van der Waals surface area contributed by atoms with Gasteiger partial charge in [0.1, 0.15) is 4.90 Å². The van der Waals surface area contributed by atoms with E-state index in [0.717, 1.165) is 0 Å². The van der Waals surface area contributed by atoms with Gasteiger partial charge < -0.3 is 10.5 Å². The van der Waals surface area contributed by atoms with Gasteiger partial charge in [-0.1, -0.05) is 11.6 Å². The Labute approximate surface area is 124 Å². The smallest absolute Gasteiger partial charge is 0.242 e. The lowest BCUT2D eigenvalue weighted by Crippen LogP contribution is -2.45. The van der Waals surface area contributed by atoms with Crippen LogP contribution in [0.1, 0.15) is 26.7 Å². The van der Waals surface area contributed by atoms with Crippen LogP contribution in [0.4, 0.5) is 5.69 Å². The molecule has 0 aromatic heterocycles. The Kier molecular flexibility index (Phi) is 4.30. The Balaban J connectivity index is 2.19. The second-order valence-electron chi connectivity index (χ2n) is 5.60. The van der Waals surface area contributed by atoms with Crippen LogP contribution >= 0.6 is 11.6 Å². The Morgan fingerprint density at radius 2 is 2.15 bits per heavy atom. The van der Waals surface area contributed by atoms with Gasteiger partial charge in [-0.2, -0.15) is 0 Å². The van der Waals surface area contributed by atoms with Gasteiger partial charge in [-0.3, -0.25) is 0 Å². The third kappa shape index (κ3) is 3.63. The number of hydrogen-bond acceptors (Lipinski definition) is 4. The number of benzene rings is 1. The van der Waals surface area contributed by atoms with Crippen molar-refractivity contribution in [3.63, 3.8) is 0 Å². The van der Waals surface area contributed by atoms with E-state index in [2.05, 4.69) is 4.72 Å². The first-order valence-electron chi connectivity index (χ1n) is 6.41. The maximum atomic E-state index is 12.4. The largest absolute Gasteiger partial charge is 0.398 e. The predicted octanol–water partition coefficient (Wildman–Crippen LogP) is 2.16. The normalized spacial score (nSPS) is 22.6. The van der Waals surface area contributed by atoms with Crippen LogP contribution in [-0.2, 0) is 14.8 Å². The minimum absolute atomic E-state index is 0.0613. The lowest BCUT2D eigenvalue weighted by molar-refractivity contribution is -0.0599. The first-order chi connectivity index (χ1) is 9.20. The van der Waals surface area contributed by atoms with E-state index in [0.29, 0.717) is 24.5 Å². The zero-order chi connectivity index (χ0) is 15.0. The fourth-order valence-electron chi connectivity index (χ4n) is 2.38. The summed E-state index contributed by atoms with van der Waals surface area (Å²) in [6.45, 7) is 4.44. The number of halogens is 1. The molecule has 1 aromatic rings. The average Bonchev–Trinajstić information content (AvgIpc) is 2.25. The van der Waals surface area contributed by atoms with Crippen molar-refractivity contribution in [1.82, 2.24) is 4.72 Å². The van der Waals surface area contributed by atoms with Crippen molar-refractivity contribution in [2.75, 3.05) is 12.3 Å². The summed E-state index contributed by atoms with van der Waals surface area (Å²) in [5, 5.41) is 0.411. The van der Waals surface area contributed by atoms with Gasteiger partial charge in [0.15, 0.2) is 0 Å². The molecule has 0 amide bonds. The highest BCUT2D eigenvalue weighted by Gasteiger charge is 2.32. The number of sulfonamides is 1. The molecule has 2 rings (SSSR count). The summed E-state index contributed by atoms with van der Waals surface area (Å²) < 4.78 is 33.0. The van der Waals surface area contributed by atoms with Gasteiger partial charge in [0, 0.05) is 17.7 Å². The molecule has 1 aromatic carbocycles. The summed E-state index contributed by atoms with van der Waals surface area (Å²) in [6, 6.07) is 4.22. The highest BCUT2D eigenvalue weighted by atomic mass is 35.5. The maximum Gasteiger partial charge on any atom is 0.242 e. The highest BCUT2D eigenvalue weighted by Crippen LogP contribution is 2.27. The predicted molar refractivity (Wildman–Crippen MR) is 79.2 cm³/mol. The van der Waals surface area contributed by atoms with E-state index in [-0.39, 0.29) is 22.2 Å². The molecule has 0 bridgehead atoms. The van der Waals surface area contributed by atoms with Crippen LogP contribution in [0.2, 0.25) is 5.02 Å². The van der Waals surface area contributed by atoms with E-state index >= 15 is 0 Å². The van der Waals surface area contributed by atoms with Gasteiger partial charge in [0.2, 0.25) is 10.0 Å². The first-order valence-corrected chi connectivity index (χ1v) is 8.27. The van der Waals surface area contributed by atoms with Crippen LogP contribution in [0.5, 0.6) is 0 Å². The Hall–Kier alpha value is -0.820. The molecule has 1 aliphatic rings.